The van der Waals surface area contributed by atoms with Crippen molar-refractivity contribution < 1.29 is 4.79 Å². The summed E-state index contributed by atoms with van der Waals surface area (Å²) in [5.41, 5.74) is 9.19. The lowest BCUT2D eigenvalue weighted by Crippen LogP contribution is -2.39. The summed E-state index contributed by atoms with van der Waals surface area (Å²) in [6, 6.07) is 13.3. The molecule has 1 saturated heterocycles. The van der Waals surface area contributed by atoms with Crippen LogP contribution >= 0.6 is 27.5 Å². The Bertz CT molecular complexity index is 738. The molecular weight excluding hydrogens is 378 g/mol. The van der Waals surface area contributed by atoms with Crippen LogP contribution in [-0.4, -0.2) is 11.9 Å². The monoisotopic (exact) mass is 393 g/mol. The first kappa shape index (κ1) is 16.5. The quantitative estimate of drug-likeness (QED) is 0.738. The molecule has 0 aliphatic carbocycles. The van der Waals surface area contributed by atoms with Gasteiger partial charge in [0, 0.05) is 15.5 Å². The molecular formula is C17H17BrClN3O. The zero-order valence-corrected chi connectivity index (χ0v) is 14.9. The number of rotatable bonds is 3. The highest BCUT2D eigenvalue weighted by molar-refractivity contribution is 9.10. The van der Waals surface area contributed by atoms with Crippen molar-refractivity contribution in [2.75, 3.05) is 5.32 Å². The summed E-state index contributed by atoms with van der Waals surface area (Å²) >= 11 is 9.50. The molecule has 0 radical (unpaired) electrons. The maximum atomic E-state index is 12.4. The fourth-order valence-corrected chi connectivity index (χ4v) is 3.40. The molecule has 1 heterocycles. The lowest BCUT2D eigenvalue weighted by Gasteiger charge is -2.12. The van der Waals surface area contributed by atoms with Crippen molar-refractivity contribution in [2.24, 2.45) is 0 Å². The van der Waals surface area contributed by atoms with E-state index in [1.807, 2.05) is 49.4 Å². The Morgan fingerprint density at radius 1 is 1.26 bits per heavy atom. The smallest absolute Gasteiger partial charge is 0.242 e. The summed E-state index contributed by atoms with van der Waals surface area (Å²) in [6.45, 7) is 2.01. The van der Waals surface area contributed by atoms with Crippen LogP contribution in [0.25, 0.3) is 0 Å². The second-order valence-electron chi connectivity index (χ2n) is 5.66. The Kier molecular flexibility index (Phi) is 5.02. The van der Waals surface area contributed by atoms with Gasteiger partial charge in [0.25, 0.3) is 0 Å². The minimum atomic E-state index is -0.299. The number of hydrogen-bond acceptors (Lipinski definition) is 3. The number of amides is 1. The van der Waals surface area contributed by atoms with E-state index in [1.165, 1.54) is 0 Å². The van der Waals surface area contributed by atoms with Gasteiger partial charge in [-0.05, 0) is 64.7 Å². The van der Waals surface area contributed by atoms with Gasteiger partial charge in [0.15, 0.2) is 0 Å². The molecule has 0 bridgehead atoms. The van der Waals surface area contributed by atoms with Crippen LogP contribution in [0.3, 0.4) is 0 Å². The summed E-state index contributed by atoms with van der Waals surface area (Å²) < 4.78 is 0.878. The Morgan fingerprint density at radius 3 is 2.83 bits per heavy atom. The van der Waals surface area contributed by atoms with Gasteiger partial charge in [0.05, 0.1) is 5.69 Å². The molecule has 2 unspecified atom stereocenters. The molecule has 120 valence electrons. The molecule has 1 aliphatic heterocycles. The van der Waals surface area contributed by atoms with Gasteiger partial charge in [-0.1, -0.05) is 29.8 Å². The molecule has 2 aromatic carbocycles. The third kappa shape index (κ3) is 3.93. The number of carbonyl (C=O) groups is 1. The average Bonchev–Trinajstić information content (AvgIpc) is 3.00. The Hall–Kier alpha value is -1.40. The van der Waals surface area contributed by atoms with Crippen LogP contribution in [0.2, 0.25) is 5.02 Å². The highest BCUT2D eigenvalue weighted by Crippen LogP contribution is 2.27. The van der Waals surface area contributed by atoms with E-state index in [-0.39, 0.29) is 18.0 Å². The molecule has 1 fully saturated rings. The van der Waals surface area contributed by atoms with E-state index in [9.17, 15) is 4.79 Å². The number of hydrazine groups is 1. The Labute approximate surface area is 148 Å². The van der Waals surface area contributed by atoms with E-state index in [2.05, 4.69) is 32.1 Å². The van der Waals surface area contributed by atoms with E-state index in [0.717, 1.165) is 21.3 Å². The SMILES string of the molecule is Cc1ccc(NC(=O)C2CC(c3cccc(Cl)c3)NN2)c(Br)c1. The standard InChI is InChI=1S/C17H17BrClN3O/c1-10-5-6-14(13(18)7-10)20-17(23)16-9-15(21-22-16)11-3-2-4-12(19)8-11/h2-8,15-16,21-22H,9H2,1H3,(H,20,23). The van der Waals surface area contributed by atoms with Gasteiger partial charge in [-0.2, -0.15) is 0 Å². The largest absolute Gasteiger partial charge is 0.324 e. The normalized spacial score (nSPS) is 20.5. The molecule has 0 spiro atoms. The third-order valence-corrected chi connectivity index (χ3v) is 4.74. The molecule has 3 N–H and O–H groups in total. The number of hydrogen-bond donors (Lipinski definition) is 3. The summed E-state index contributed by atoms with van der Waals surface area (Å²) in [4.78, 5) is 12.4. The molecule has 23 heavy (non-hydrogen) atoms. The maximum Gasteiger partial charge on any atom is 0.242 e. The number of nitrogens with one attached hydrogen (secondary N) is 3. The van der Waals surface area contributed by atoms with Gasteiger partial charge in [-0.15, -0.1) is 0 Å². The van der Waals surface area contributed by atoms with Crippen LogP contribution in [-0.2, 0) is 4.79 Å². The predicted molar refractivity (Wildman–Crippen MR) is 96.4 cm³/mol. The van der Waals surface area contributed by atoms with Crippen LogP contribution in [0.5, 0.6) is 0 Å². The number of halogens is 2. The first-order valence-electron chi connectivity index (χ1n) is 7.36. The van der Waals surface area contributed by atoms with E-state index in [1.54, 1.807) is 0 Å². The van der Waals surface area contributed by atoms with Gasteiger partial charge < -0.3 is 5.32 Å². The van der Waals surface area contributed by atoms with Crippen molar-refractivity contribution in [3.8, 4) is 0 Å². The summed E-state index contributed by atoms with van der Waals surface area (Å²) in [5.74, 6) is -0.0634. The van der Waals surface area contributed by atoms with Gasteiger partial charge in [0.2, 0.25) is 5.91 Å². The van der Waals surface area contributed by atoms with E-state index in [0.29, 0.717) is 11.4 Å². The van der Waals surface area contributed by atoms with Gasteiger partial charge in [-0.3, -0.25) is 4.79 Å². The van der Waals surface area contributed by atoms with E-state index < -0.39 is 0 Å². The summed E-state index contributed by atoms with van der Waals surface area (Å²) in [7, 11) is 0. The third-order valence-electron chi connectivity index (χ3n) is 3.85. The first-order chi connectivity index (χ1) is 11.0. The molecule has 2 aromatic rings. The van der Waals surface area contributed by atoms with Crippen molar-refractivity contribution in [1.29, 1.82) is 0 Å². The van der Waals surface area contributed by atoms with Gasteiger partial charge in [-0.25, -0.2) is 10.9 Å². The highest BCUT2D eigenvalue weighted by atomic mass is 79.9. The lowest BCUT2D eigenvalue weighted by molar-refractivity contribution is -0.117. The van der Waals surface area contributed by atoms with Crippen LogP contribution in [0.15, 0.2) is 46.9 Å². The fraction of sp³-hybridized carbons (Fsp3) is 0.235. The van der Waals surface area contributed by atoms with E-state index >= 15 is 0 Å². The summed E-state index contributed by atoms with van der Waals surface area (Å²) in [6.07, 6.45) is 0.662. The number of benzene rings is 2. The molecule has 0 aromatic heterocycles. The molecule has 1 amide bonds. The molecule has 3 rings (SSSR count). The molecule has 1 aliphatic rings. The minimum Gasteiger partial charge on any atom is -0.324 e. The van der Waals surface area contributed by atoms with Gasteiger partial charge >= 0.3 is 0 Å². The zero-order valence-electron chi connectivity index (χ0n) is 12.6. The van der Waals surface area contributed by atoms with Crippen molar-refractivity contribution >= 4 is 39.1 Å². The van der Waals surface area contributed by atoms with Crippen LogP contribution in [0, 0.1) is 6.92 Å². The second-order valence-corrected chi connectivity index (χ2v) is 6.95. The maximum absolute atomic E-state index is 12.4. The average molecular weight is 395 g/mol. The van der Waals surface area contributed by atoms with Crippen molar-refractivity contribution in [3.05, 3.63) is 63.1 Å². The highest BCUT2D eigenvalue weighted by Gasteiger charge is 2.30. The summed E-state index contributed by atoms with van der Waals surface area (Å²) in [5, 5.41) is 3.64. The number of aryl methyl sites for hydroxylation is 1. The predicted octanol–water partition coefficient (Wildman–Crippen LogP) is 3.96. The first-order valence-corrected chi connectivity index (χ1v) is 8.53. The second kappa shape index (κ2) is 7.01. The van der Waals surface area contributed by atoms with Crippen LogP contribution in [0.1, 0.15) is 23.6 Å². The molecule has 0 saturated carbocycles. The Balaban J connectivity index is 1.65. The minimum absolute atomic E-state index is 0.0610. The van der Waals surface area contributed by atoms with Crippen molar-refractivity contribution in [1.82, 2.24) is 10.9 Å². The number of anilines is 1. The molecule has 2 atom stereocenters. The topological polar surface area (TPSA) is 53.2 Å². The number of carbonyl (C=O) groups excluding carboxylic acids is 1. The van der Waals surface area contributed by atoms with Crippen molar-refractivity contribution in [3.63, 3.8) is 0 Å². The fourth-order valence-electron chi connectivity index (χ4n) is 2.61. The molecule has 4 nitrogen and oxygen atoms in total. The van der Waals surface area contributed by atoms with Crippen LogP contribution < -0.4 is 16.2 Å². The Morgan fingerprint density at radius 2 is 2.09 bits per heavy atom. The van der Waals surface area contributed by atoms with Crippen LogP contribution in [0.4, 0.5) is 5.69 Å². The molecule has 6 heteroatoms. The van der Waals surface area contributed by atoms with Crippen molar-refractivity contribution in [2.45, 2.75) is 25.4 Å². The lowest BCUT2D eigenvalue weighted by atomic mass is 10.0. The van der Waals surface area contributed by atoms with Gasteiger partial charge in [0.1, 0.15) is 6.04 Å². The zero-order chi connectivity index (χ0) is 16.4. The van der Waals surface area contributed by atoms with E-state index in [4.69, 9.17) is 11.6 Å².